The molecule has 0 radical (unpaired) electrons. The van der Waals surface area contributed by atoms with Gasteiger partial charge in [-0.1, -0.05) is 5.21 Å². The summed E-state index contributed by atoms with van der Waals surface area (Å²) >= 11 is 0. The van der Waals surface area contributed by atoms with Gasteiger partial charge in [0.05, 0.1) is 12.1 Å². The van der Waals surface area contributed by atoms with Crippen LogP contribution in [0.1, 0.15) is 17.2 Å². The third kappa shape index (κ3) is 4.13. The summed E-state index contributed by atoms with van der Waals surface area (Å²) in [4.78, 5) is 11.9. The van der Waals surface area contributed by atoms with Crippen molar-refractivity contribution in [1.82, 2.24) is 30.8 Å². The molecule has 0 fully saturated rings. The van der Waals surface area contributed by atoms with Gasteiger partial charge < -0.3 is 10.1 Å². The number of anilines is 1. The molecule has 9 nitrogen and oxygen atoms in total. The van der Waals surface area contributed by atoms with Gasteiger partial charge in [0.25, 0.3) is 0 Å². The second-order valence-corrected chi connectivity index (χ2v) is 4.91. The highest BCUT2D eigenvalue weighted by Crippen LogP contribution is 2.16. The summed E-state index contributed by atoms with van der Waals surface area (Å²) in [7, 11) is 0. The number of carbonyl (C=O) groups is 1. The van der Waals surface area contributed by atoms with Gasteiger partial charge in [-0.2, -0.15) is 10.3 Å². The molecule has 1 amide bonds. The van der Waals surface area contributed by atoms with E-state index in [1.807, 2.05) is 13.0 Å². The summed E-state index contributed by atoms with van der Waals surface area (Å²) in [6, 6.07) is 8.88. The van der Waals surface area contributed by atoms with Crippen molar-refractivity contribution in [1.29, 1.82) is 0 Å². The number of tetrazole rings is 1. The first kappa shape index (κ1) is 14.7. The number of H-pyrrole nitrogens is 2. The molecule has 0 saturated carbocycles. The second kappa shape index (κ2) is 6.69. The standard InChI is InChI=1S/C14H15N7O2/c1-9-6-11(17-16-9)7-14(22)15-10-2-4-12(5-3-10)23-8-13-18-20-21-19-13/h2-6H,7-8H2,1H3,(H,15,22)(H,16,17)(H,18,19,20,21). The fourth-order valence-electron chi connectivity index (χ4n) is 1.96. The first-order valence-corrected chi connectivity index (χ1v) is 6.95. The fraction of sp³-hybridized carbons (Fsp3) is 0.214. The van der Waals surface area contributed by atoms with E-state index in [1.165, 1.54) is 0 Å². The van der Waals surface area contributed by atoms with Crippen LogP contribution in [0.15, 0.2) is 30.3 Å². The van der Waals surface area contributed by atoms with E-state index >= 15 is 0 Å². The van der Waals surface area contributed by atoms with Gasteiger partial charge in [-0.15, -0.1) is 10.2 Å². The van der Waals surface area contributed by atoms with E-state index in [1.54, 1.807) is 24.3 Å². The van der Waals surface area contributed by atoms with Crippen molar-refractivity contribution in [3.05, 3.63) is 47.5 Å². The van der Waals surface area contributed by atoms with Gasteiger partial charge in [0.1, 0.15) is 5.75 Å². The highest BCUT2D eigenvalue weighted by Gasteiger charge is 2.07. The maximum absolute atomic E-state index is 11.9. The third-order valence-corrected chi connectivity index (χ3v) is 3.00. The van der Waals surface area contributed by atoms with E-state index in [-0.39, 0.29) is 18.9 Å². The molecule has 0 aliphatic carbocycles. The molecule has 1 aromatic carbocycles. The first-order chi connectivity index (χ1) is 11.2. The number of hydrogen-bond acceptors (Lipinski definition) is 6. The highest BCUT2D eigenvalue weighted by molar-refractivity contribution is 5.92. The van der Waals surface area contributed by atoms with Crippen LogP contribution < -0.4 is 10.1 Å². The van der Waals surface area contributed by atoms with Crippen LogP contribution in [0, 0.1) is 6.92 Å². The zero-order valence-corrected chi connectivity index (χ0v) is 12.4. The van der Waals surface area contributed by atoms with Gasteiger partial charge in [0.2, 0.25) is 11.7 Å². The van der Waals surface area contributed by atoms with Gasteiger partial charge in [0, 0.05) is 11.4 Å². The molecule has 2 aromatic heterocycles. The van der Waals surface area contributed by atoms with Crippen LogP contribution in [0.25, 0.3) is 0 Å². The SMILES string of the molecule is Cc1cc(CC(=O)Nc2ccc(OCc3nn[nH]n3)cc2)n[nH]1. The van der Waals surface area contributed by atoms with E-state index in [0.29, 0.717) is 23.0 Å². The molecule has 118 valence electrons. The number of aromatic nitrogens is 6. The maximum atomic E-state index is 11.9. The largest absolute Gasteiger partial charge is 0.485 e. The van der Waals surface area contributed by atoms with Gasteiger partial charge in [-0.05, 0) is 37.3 Å². The molecule has 0 bridgehead atoms. The minimum atomic E-state index is -0.128. The lowest BCUT2D eigenvalue weighted by Gasteiger charge is -2.06. The number of hydrogen-bond donors (Lipinski definition) is 3. The first-order valence-electron chi connectivity index (χ1n) is 6.95. The summed E-state index contributed by atoms with van der Waals surface area (Å²) in [5, 5.41) is 23.0. The smallest absolute Gasteiger partial charge is 0.230 e. The summed E-state index contributed by atoms with van der Waals surface area (Å²) in [6.45, 7) is 2.11. The lowest BCUT2D eigenvalue weighted by atomic mass is 10.2. The normalized spacial score (nSPS) is 10.5. The summed E-state index contributed by atoms with van der Waals surface area (Å²) < 4.78 is 5.50. The van der Waals surface area contributed by atoms with Crippen molar-refractivity contribution in [3.8, 4) is 5.75 Å². The maximum Gasteiger partial charge on any atom is 0.230 e. The number of ether oxygens (including phenoxy) is 1. The number of nitrogens with zero attached hydrogens (tertiary/aromatic N) is 4. The molecule has 3 aromatic rings. The molecular weight excluding hydrogens is 298 g/mol. The Balaban J connectivity index is 1.51. The van der Waals surface area contributed by atoms with Crippen molar-refractivity contribution in [2.45, 2.75) is 20.0 Å². The topological polar surface area (TPSA) is 121 Å². The Morgan fingerprint density at radius 2 is 2.09 bits per heavy atom. The molecular formula is C14H15N7O2. The molecule has 0 spiro atoms. The fourth-order valence-corrected chi connectivity index (χ4v) is 1.96. The Morgan fingerprint density at radius 1 is 1.26 bits per heavy atom. The Kier molecular flexibility index (Phi) is 4.27. The number of aryl methyl sites for hydroxylation is 1. The number of benzene rings is 1. The predicted octanol–water partition coefficient (Wildman–Crippen LogP) is 0.991. The highest BCUT2D eigenvalue weighted by atomic mass is 16.5. The van der Waals surface area contributed by atoms with Crippen LogP contribution in [0.2, 0.25) is 0 Å². The van der Waals surface area contributed by atoms with Crippen molar-refractivity contribution in [3.63, 3.8) is 0 Å². The lowest BCUT2D eigenvalue weighted by Crippen LogP contribution is -2.14. The average Bonchev–Trinajstić information content (AvgIpc) is 3.18. The van der Waals surface area contributed by atoms with Crippen molar-refractivity contribution < 1.29 is 9.53 Å². The molecule has 3 rings (SSSR count). The zero-order valence-electron chi connectivity index (χ0n) is 12.4. The Hall–Kier alpha value is -3.23. The number of nitrogens with one attached hydrogen (secondary N) is 3. The number of amides is 1. The van der Waals surface area contributed by atoms with E-state index in [9.17, 15) is 4.79 Å². The molecule has 3 N–H and O–H groups in total. The molecule has 9 heteroatoms. The van der Waals surface area contributed by atoms with Crippen LogP contribution in [0.3, 0.4) is 0 Å². The van der Waals surface area contributed by atoms with Crippen LogP contribution in [-0.2, 0) is 17.8 Å². The number of aromatic amines is 2. The van der Waals surface area contributed by atoms with E-state index < -0.39 is 0 Å². The van der Waals surface area contributed by atoms with Gasteiger partial charge >= 0.3 is 0 Å². The molecule has 0 aliphatic rings. The van der Waals surface area contributed by atoms with Crippen molar-refractivity contribution in [2.24, 2.45) is 0 Å². The average molecular weight is 313 g/mol. The molecule has 0 unspecified atom stereocenters. The Labute approximate surface area is 131 Å². The number of rotatable bonds is 6. The molecule has 0 atom stereocenters. The minimum Gasteiger partial charge on any atom is -0.485 e. The second-order valence-electron chi connectivity index (χ2n) is 4.91. The van der Waals surface area contributed by atoms with Crippen LogP contribution >= 0.6 is 0 Å². The van der Waals surface area contributed by atoms with Crippen LogP contribution in [0.5, 0.6) is 5.75 Å². The van der Waals surface area contributed by atoms with Gasteiger partial charge in [0.15, 0.2) is 6.61 Å². The zero-order chi connectivity index (χ0) is 16.1. The predicted molar refractivity (Wildman–Crippen MR) is 80.6 cm³/mol. The monoisotopic (exact) mass is 313 g/mol. The van der Waals surface area contributed by atoms with Crippen LogP contribution in [0.4, 0.5) is 5.69 Å². The molecule has 0 aliphatic heterocycles. The Bertz CT molecular complexity index is 765. The van der Waals surface area contributed by atoms with Crippen molar-refractivity contribution in [2.75, 3.05) is 5.32 Å². The van der Waals surface area contributed by atoms with E-state index in [4.69, 9.17) is 4.74 Å². The summed E-state index contributed by atoms with van der Waals surface area (Å²) in [5.74, 6) is 0.990. The van der Waals surface area contributed by atoms with Crippen molar-refractivity contribution >= 4 is 11.6 Å². The molecule has 2 heterocycles. The molecule has 0 saturated heterocycles. The Morgan fingerprint density at radius 3 is 2.74 bits per heavy atom. The summed E-state index contributed by atoms with van der Waals surface area (Å²) in [5.41, 5.74) is 2.32. The quantitative estimate of drug-likeness (QED) is 0.624. The third-order valence-electron chi connectivity index (χ3n) is 3.00. The number of carbonyl (C=O) groups excluding carboxylic acids is 1. The molecule has 23 heavy (non-hydrogen) atoms. The van der Waals surface area contributed by atoms with Gasteiger partial charge in [-0.25, -0.2) is 0 Å². The minimum absolute atomic E-state index is 0.128. The van der Waals surface area contributed by atoms with Crippen LogP contribution in [-0.4, -0.2) is 36.7 Å². The van der Waals surface area contributed by atoms with Gasteiger partial charge in [-0.3, -0.25) is 9.89 Å². The lowest BCUT2D eigenvalue weighted by molar-refractivity contribution is -0.115. The van der Waals surface area contributed by atoms with E-state index in [0.717, 1.165) is 5.69 Å². The van der Waals surface area contributed by atoms with E-state index in [2.05, 4.69) is 36.1 Å². The summed E-state index contributed by atoms with van der Waals surface area (Å²) in [6.07, 6.45) is 0.223.